The summed E-state index contributed by atoms with van der Waals surface area (Å²) in [5.41, 5.74) is 13.2. The van der Waals surface area contributed by atoms with E-state index < -0.39 is 15.7 Å². The van der Waals surface area contributed by atoms with Crippen LogP contribution in [0, 0.1) is 11.2 Å². The maximum atomic E-state index is 14.3. The van der Waals surface area contributed by atoms with Gasteiger partial charge in [-0.05, 0) is 58.6 Å². The summed E-state index contributed by atoms with van der Waals surface area (Å²) < 4.78 is 43.9. The molecule has 0 aliphatic heterocycles. The third kappa shape index (κ3) is 4.03. The number of benzene rings is 2. The molecule has 0 saturated heterocycles. The third-order valence-electron chi connectivity index (χ3n) is 4.78. The molecule has 4 aromatic rings. The van der Waals surface area contributed by atoms with Crippen molar-refractivity contribution in [3.63, 3.8) is 0 Å². The van der Waals surface area contributed by atoms with Crippen LogP contribution >= 0.6 is 39.0 Å². The van der Waals surface area contributed by atoms with E-state index in [-0.39, 0.29) is 22.2 Å². The van der Waals surface area contributed by atoms with Gasteiger partial charge in [-0.1, -0.05) is 0 Å². The molecule has 0 atom stereocenters. The number of nitrogens with two attached hydrogens (primary N) is 2. The maximum Gasteiger partial charge on any atom is 0.208 e. The zero-order valence-corrected chi connectivity index (χ0v) is 20.6. The van der Waals surface area contributed by atoms with Gasteiger partial charge in [-0.2, -0.15) is 0 Å². The van der Waals surface area contributed by atoms with Crippen LogP contribution in [0.25, 0.3) is 11.0 Å². The monoisotopic (exact) mass is 553 g/mol. The van der Waals surface area contributed by atoms with Crippen LogP contribution in [0.4, 0.5) is 10.1 Å². The summed E-state index contributed by atoms with van der Waals surface area (Å²) in [5.74, 6) is -0.603. The molecule has 0 bridgehead atoms. The minimum absolute atomic E-state index is 0.0508. The predicted octanol–water partition coefficient (Wildman–Crippen LogP) is 4.47. The second kappa shape index (κ2) is 8.50. The molecule has 0 aliphatic carbocycles. The van der Waals surface area contributed by atoms with Gasteiger partial charge in [-0.3, -0.25) is 5.41 Å². The summed E-state index contributed by atoms with van der Waals surface area (Å²) in [7, 11) is -3.92. The molecule has 0 fully saturated rings. The fraction of sp³-hybridized carbons (Fsp3) is 0.100. The van der Waals surface area contributed by atoms with Crippen molar-refractivity contribution in [3.8, 4) is 0 Å². The Bertz CT molecular complexity index is 1480. The molecule has 166 valence electrons. The summed E-state index contributed by atoms with van der Waals surface area (Å²) in [5, 5.41) is 7.64. The summed E-state index contributed by atoms with van der Waals surface area (Å²) in [4.78, 5) is 4.88. The zero-order chi connectivity index (χ0) is 23.2. The van der Waals surface area contributed by atoms with Crippen molar-refractivity contribution in [2.24, 2.45) is 5.73 Å². The molecule has 2 aromatic heterocycles. The van der Waals surface area contributed by atoms with Crippen molar-refractivity contribution in [1.82, 2.24) is 9.55 Å². The molecule has 5 N–H and O–H groups in total. The van der Waals surface area contributed by atoms with Gasteiger partial charge in [-0.25, -0.2) is 17.8 Å². The third-order valence-corrected chi connectivity index (χ3v) is 9.70. The second-order valence-electron chi connectivity index (χ2n) is 6.88. The lowest BCUT2D eigenvalue weighted by molar-refractivity contribution is 0.594. The van der Waals surface area contributed by atoms with E-state index in [0.717, 1.165) is 11.3 Å². The fourth-order valence-electron chi connectivity index (χ4n) is 3.22. The van der Waals surface area contributed by atoms with Crippen molar-refractivity contribution >= 4 is 71.4 Å². The SMILES string of the molecule is CSc1sc(C(=N)N)cc1S(=O)(=O)c1cc(Br)c2ncn(Cc3cc(N)ccc3F)c2c1. The van der Waals surface area contributed by atoms with Crippen LogP contribution in [-0.4, -0.2) is 30.1 Å². The van der Waals surface area contributed by atoms with Crippen LogP contribution < -0.4 is 11.5 Å². The summed E-state index contributed by atoms with van der Waals surface area (Å²) in [6, 6.07) is 8.74. The number of halogens is 2. The number of imidazole rings is 1. The topological polar surface area (TPSA) is 128 Å². The molecule has 2 aromatic carbocycles. The van der Waals surface area contributed by atoms with Gasteiger partial charge in [0.25, 0.3) is 0 Å². The number of sulfone groups is 1. The number of nitrogen functional groups attached to an aromatic ring is 2. The van der Waals surface area contributed by atoms with E-state index in [4.69, 9.17) is 16.9 Å². The Morgan fingerprint density at radius 1 is 1.31 bits per heavy atom. The Balaban J connectivity index is 1.85. The number of fused-ring (bicyclic) bond motifs is 1. The van der Waals surface area contributed by atoms with E-state index in [1.54, 1.807) is 10.8 Å². The van der Waals surface area contributed by atoms with Crippen molar-refractivity contribution in [3.05, 3.63) is 63.5 Å². The molecular weight excluding hydrogens is 537 g/mol. The van der Waals surface area contributed by atoms with E-state index in [9.17, 15) is 12.8 Å². The highest BCUT2D eigenvalue weighted by Gasteiger charge is 2.26. The van der Waals surface area contributed by atoms with E-state index in [1.807, 2.05) is 0 Å². The minimum Gasteiger partial charge on any atom is -0.399 e. The van der Waals surface area contributed by atoms with Gasteiger partial charge in [0.2, 0.25) is 9.84 Å². The molecule has 0 spiro atoms. The number of anilines is 1. The molecule has 7 nitrogen and oxygen atoms in total. The Hall–Kier alpha value is -2.41. The normalized spacial score (nSPS) is 11.8. The molecule has 32 heavy (non-hydrogen) atoms. The van der Waals surface area contributed by atoms with Crippen molar-refractivity contribution < 1.29 is 12.8 Å². The minimum atomic E-state index is -3.92. The molecule has 0 saturated carbocycles. The van der Waals surface area contributed by atoms with Crippen molar-refractivity contribution in [2.45, 2.75) is 20.5 Å². The first-order chi connectivity index (χ1) is 15.1. The van der Waals surface area contributed by atoms with E-state index in [0.29, 0.717) is 35.8 Å². The molecule has 0 radical (unpaired) electrons. The van der Waals surface area contributed by atoms with Crippen molar-refractivity contribution in [2.75, 3.05) is 12.0 Å². The van der Waals surface area contributed by atoms with Crippen LogP contribution in [0.15, 0.2) is 61.2 Å². The number of thioether (sulfide) groups is 1. The van der Waals surface area contributed by atoms with E-state index >= 15 is 0 Å². The summed E-state index contributed by atoms with van der Waals surface area (Å²) in [6.07, 6.45) is 3.29. The average Bonchev–Trinajstić information content (AvgIpc) is 3.36. The van der Waals surface area contributed by atoms with Gasteiger partial charge < -0.3 is 16.0 Å². The first-order valence-corrected chi connectivity index (χ1v) is 13.4. The highest BCUT2D eigenvalue weighted by atomic mass is 79.9. The van der Waals surface area contributed by atoms with E-state index in [1.165, 1.54) is 54.5 Å². The lowest BCUT2D eigenvalue weighted by Crippen LogP contribution is -2.09. The molecular formula is C20H17BrFN5O2S3. The van der Waals surface area contributed by atoms with Gasteiger partial charge in [0.05, 0.1) is 37.3 Å². The second-order valence-corrected chi connectivity index (χ2v) is 11.8. The Labute approximate surface area is 200 Å². The van der Waals surface area contributed by atoms with Crippen LogP contribution in [0.3, 0.4) is 0 Å². The number of thiophene rings is 1. The lowest BCUT2D eigenvalue weighted by atomic mass is 10.2. The maximum absolute atomic E-state index is 14.3. The molecule has 0 unspecified atom stereocenters. The van der Waals surface area contributed by atoms with E-state index in [2.05, 4.69) is 20.9 Å². The number of hydrogen-bond acceptors (Lipinski definition) is 7. The number of nitrogens with one attached hydrogen (secondary N) is 1. The standard InChI is InChI=1S/C20H17BrFN5O2S3/c1-30-20-17(7-16(31-20)19(24)25)32(28,29)12-5-13(21)18-15(6-12)27(9-26-18)8-10-4-11(23)2-3-14(10)22/h2-7,9H,8,23H2,1H3,(H3,24,25). The molecule has 2 heterocycles. The Morgan fingerprint density at radius 2 is 2.06 bits per heavy atom. The van der Waals surface area contributed by atoms with Gasteiger partial charge >= 0.3 is 0 Å². The number of nitrogens with zero attached hydrogens (tertiary/aromatic N) is 2. The first-order valence-electron chi connectivity index (χ1n) is 9.07. The number of rotatable bonds is 6. The van der Waals surface area contributed by atoms with Gasteiger partial charge in [0.1, 0.15) is 17.2 Å². The van der Waals surface area contributed by atoms with Gasteiger partial charge in [0.15, 0.2) is 0 Å². The summed E-state index contributed by atoms with van der Waals surface area (Å²) >= 11 is 5.85. The zero-order valence-electron chi connectivity index (χ0n) is 16.6. The van der Waals surface area contributed by atoms with Gasteiger partial charge in [0, 0.05) is 15.7 Å². The number of hydrogen-bond donors (Lipinski definition) is 3. The largest absolute Gasteiger partial charge is 0.399 e. The summed E-state index contributed by atoms with van der Waals surface area (Å²) in [6.45, 7) is 0.131. The molecule has 0 aliphatic rings. The highest BCUT2D eigenvalue weighted by Crippen LogP contribution is 2.38. The smallest absolute Gasteiger partial charge is 0.208 e. The van der Waals surface area contributed by atoms with Crippen LogP contribution in [0.5, 0.6) is 0 Å². The van der Waals surface area contributed by atoms with Crippen LogP contribution in [0.1, 0.15) is 10.4 Å². The van der Waals surface area contributed by atoms with Crippen molar-refractivity contribution in [1.29, 1.82) is 5.41 Å². The molecule has 12 heteroatoms. The number of aromatic nitrogens is 2. The number of amidine groups is 1. The van der Waals surface area contributed by atoms with Gasteiger partial charge in [-0.15, -0.1) is 23.1 Å². The quantitative estimate of drug-likeness (QED) is 0.140. The fourth-order valence-corrected chi connectivity index (χ4v) is 7.83. The average molecular weight is 554 g/mol. The molecule has 0 amide bonds. The highest BCUT2D eigenvalue weighted by molar-refractivity contribution is 9.10. The molecule has 4 rings (SSSR count). The van der Waals surface area contributed by atoms with Crippen LogP contribution in [0.2, 0.25) is 0 Å². The predicted molar refractivity (Wildman–Crippen MR) is 130 cm³/mol. The Morgan fingerprint density at radius 3 is 2.75 bits per heavy atom. The Kier molecular flexibility index (Phi) is 6.05. The van der Waals surface area contributed by atoms with Crippen LogP contribution in [-0.2, 0) is 16.4 Å². The lowest BCUT2D eigenvalue weighted by Gasteiger charge is -2.10. The first kappa shape index (κ1) is 22.8.